The molecule has 3 aromatic rings. The molecule has 0 fully saturated rings. The van der Waals surface area contributed by atoms with Crippen LogP contribution in [0.1, 0.15) is 16.9 Å². The van der Waals surface area contributed by atoms with Gasteiger partial charge in [-0.2, -0.15) is 5.26 Å². The van der Waals surface area contributed by atoms with Gasteiger partial charge in [-0.15, -0.1) is 0 Å². The van der Waals surface area contributed by atoms with Gasteiger partial charge in [0.2, 0.25) is 6.79 Å². The van der Waals surface area contributed by atoms with Crippen molar-refractivity contribution in [3.8, 4) is 28.9 Å². The maximum absolute atomic E-state index is 11.1. The van der Waals surface area contributed by atoms with Gasteiger partial charge in [0.05, 0.1) is 16.6 Å². The number of nitriles is 1. The molecule has 7 heteroatoms. The number of nitro groups is 1. The van der Waals surface area contributed by atoms with Crippen molar-refractivity contribution in [3.63, 3.8) is 0 Å². The van der Waals surface area contributed by atoms with Crippen LogP contribution in [0.15, 0.2) is 52.9 Å². The number of nitrogens with zero attached hydrogens (tertiary/aromatic N) is 2. The molecule has 7 nitrogen and oxygen atoms in total. The Balaban J connectivity index is 1.66. The molecule has 0 aliphatic carbocycles. The Kier molecular flexibility index (Phi) is 4.30. The first-order chi connectivity index (χ1) is 13.5. The smallest absolute Gasteiger partial charge is 0.273 e. The van der Waals surface area contributed by atoms with Gasteiger partial charge in [0, 0.05) is 17.2 Å². The maximum atomic E-state index is 11.1. The zero-order valence-electron chi connectivity index (χ0n) is 14.8. The zero-order valence-corrected chi connectivity index (χ0v) is 14.8. The number of rotatable bonds is 4. The van der Waals surface area contributed by atoms with Crippen LogP contribution in [0.25, 0.3) is 23.0 Å². The van der Waals surface area contributed by atoms with E-state index >= 15 is 0 Å². The molecule has 0 unspecified atom stereocenters. The molecule has 0 amide bonds. The Morgan fingerprint density at radius 3 is 2.75 bits per heavy atom. The standard InChI is InChI=1S/C21H14N2O5/c1-13-2-3-15(9-18(13)23(24)25)19-7-5-17(28-19)8-16(11-22)14-4-6-20-21(10-14)27-12-26-20/h2-10H,12H2,1H3/b16-8-. The Morgan fingerprint density at radius 2 is 1.96 bits per heavy atom. The van der Waals surface area contributed by atoms with Gasteiger partial charge in [-0.3, -0.25) is 10.1 Å². The number of aryl methyl sites for hydroxylation is 1. The number of hydrogen-bond acceptors (Lipinski definition) is 6. The van der Waals surface area contributed by atoms with Crippen molar-refractivity contribution in [2.45, 2.75) is 6.92 Å². The molecule has 138 valence electrons. The molecule has 0 N–H and O–H groups in total. The molecule has 2 aromatic carbocycles. The summed E-state index contributed by atoms with van der Waals surface area (Å²) in [6.45, 7) is 1.84. The van der Waals surface area contributed by atoms with Gasteiger partial charge in [-0.1, -0.05) is 12.1 Å². The van der Waals surface area contributed by atoms with Gasteiger partial charge in [-0.25, -0.2) is 0 Å². The average molecular weight is 374 g/mol. The summed E-state index contributed by atoms with van der Waals surface area (Å²) in [6, 6.07) is 15.8. The minimum atomic E-state index is -0.421. The lowest BCUT2D eigenvalue weighted by atomic mass is 10.1. The van der Waals surface area contributed by atoms with E-state index in [9.17, 15) is 15.4 Å². The summed E-state index contributed by atoms with van der Waals surface area (Å²) in [5.74, 6) is 2.18. The highest BCUT2D eigenvalue weighted by molar-refractivity contribution is 5.89. The first-order valence-corrected chi connectivity index (χ1v) is 8.42. The van der Waals surface area contributed by atoms with Crippen LogP contribution in [0, 0.1) is 28.4 Å². The third kappa shape index (κ3) is 3.19. The summed E-state index contributed by atoms with van der Waals surface area (Å²) in [5.41, 5.74) is 2.28. The van der Waals surface area contributed by atoms with Crippen LogP contribution >= 0.6 is 0 Å². The zero-order chi connectivity index (χ0) is 19.7. The Labute approximate surface area is 160 Å². The predicted octanol–water partition coefficient (Wildman–Crippen LogP) is 4.96. The van der Waals surface area contributed by atoms with E-state index in [1.807, 2.05) is 0 Å². The number of benzene rings is 2. The van der Waals surface area contributed by atoms with Crippen LogP contribution in [0.5, 0.6) is 11.5 Å². The molecule has 0 radical (unpaired) electrons. The van der Waals surface area contributed by atoms with Gasteiger partial charge in [0.25, 0.3) is 5.69 Å². The van der Waals surface area contributed by atoms with Crippen molar-refractivity contribution in [1.82, 2.24) is 0 Å². The second-order valence-corrected chi connectivity index (χ2v) is 6.20. The number of allylic oxidation sites excluding steroid dienone is 1. The molecule has 2 heterocycles. The Bertz CT molecular complexity index is 1150. The monoisotopic (exact) mass is 374 g/mol. The number of furan rings is 1. The quantitative estimate of drug-likeness (QED) is 0.364. The fourth-order valence-corrected chi connectivity index (χ4v) is 2.93. The molecule has 0 atom stereocenters. The van der Waals surface area contributed by atoms with Crippen molar-refractivity contribution in [1.29, 1.82) is 5.26 Å². The third-order valence-corrected chi connectivity index (χ3v) is 4.41. The lowest BCUT2D eigenvalue weighted by Crippen LogP contribution is -1.92. The van der Waals surface area contributed by atoms with Crippen molar-refractivity contribution in [2.75, 3.05) is 6.79 Å². The van der Waals surface area contributed by atoms with Crippen LogP contribution in [-0.4, -0.2) is 11.7 Å². The fraction of sp³-hybridized carbons (Fsp3) is 0.0952. The summed E-state index contributed by atoms with van der Waals surface area (Å²) in [6.07, 6.45) is 1.61. The molecule has 0 saturated heterocycles. The number of nitro benzene ring substituents is 1. The summed E-state index contributed by atoms with van der Waals surface area (Å²) < 4.78 is 16.4. The van der Waals surface area contributed by atoms with Crippen LogP contribution in [-0.2, 0) is 0 Å². The lowest BCUT2D eigenvalue weighted by Gasteiger charge is -2.02. The molecule has 1 aromatic heterocycles. The van der Waals surface area contributed by atoms with Gasteiger partial charge < -0.3 is 13.9 Å². The van der Waals surface area contributed by atoms with Gasteiger partial charge in [-0.05, 0) is 48.9 Å². The molecule has 1 aliphatic rings. The molecule has 0 bridgehead atoms. The van der Waals surface area contributed by atoms with Crippen molar-refractivity contribution >= 4 is 17.3 Å². The topological polar surface area (TPSA) is 98.5 Å². The van der Waals surface area contributed by atoms with E-state index in [2.05, 4.69) is 6.07 Å². The first kappa shape index (κ1) is 17.4. The molecule has 0 saturated carbocycles. The third-order valence-electron chi connectivity index (χ3n) is 4.41. The van der Waals surface area contributed by atoms with E-state index in [1.165, 1.54) is 6.07 Å². The SMILES string of the molecule is Cc1ccc(-c2ccc(/C=C(/C#N)c3ccc4c(c3)OCO4)o2)cc1[N+](=O)[O-]. The van der Waals surface area contributed by atoms with E-state index < -0.39 is 4.92 Å². The Hall–Kier alpha value is -4.05. The van der Waals surface area contributed by atoms with Gasteiger partial charge in [0.15, 0.2) is 11.5 Å². The lowest BCUT2D eigenvalue weighted by molar-refractivity contribution is -0.385. The van der Waals surface area contributed by atoms with Gasteiger partial charge in [0.1, 0.15) is 11.5 Å². The second-order valence-electron chi connectivity index (χ2n) is 6.20. The van der Waals surface area contributed by atoms with Crippen LogP contribution in [0.2, 0.25) is 0 Å². The largest absolute Gasteiger partial charge is 0.457 e. The van der Waals surface area contributed by atoms with Crippen LogP contribution < -0.4 is 9.47 Å². The molecular weight excluding hydrogens is 360 g/mol. The van der Waals surface area contributed by atoms with E-state index in [-0.39, 0.29) is 12.5 Å². The minimum Gasteiger partial charge on any atom is -0.457 e. The van der Waals surface area contributed by atoms with E-state index in [0.29, 0.717) is 45.3 Å². The van der Waals surface area contributed by atoms with E-state index in [0.717, 1.165) is 0 Å². The van der Waals surface area contributed by atoms with E-state index in [1.54, 1.807) is 55.5 Å². The molecule has 4 rings (SSSR count). The fourth-order valence-electron chi connectivity index (χ4n) is 2.93. The number of hydrogen-bond donors (Lipinski definition) is 0. The highest BCUT2D eigenvalue weighted by Gasteiger charge is 2.16. The van der Waals surface area contributed by atoms with Crippen molar-refractivity contribution < 1.29 is 18.8 Å². The molecule has 28 heavy (non-hydrogen) atoms. The van der Waals surface area contributed by atoms with Crippen LogP contribution in [0.3, 0.4) is 0 Å². The van der Waals surface area contributed by atoms with E-state index in [4.69, 9.17) is 13.9 Å². The number of ether oxygens (including phenoxy) is 2. The van der Waals surface area contributed by atoms with Crippen LogP contribution in [0.4, 0.5) is 5.69 Å². The summed E-state index contributed by atoms with van der Waals surface area (Å²) in [4.78, 5) is 10.7. The normalized spacial score (nSPS) is 12.6. The highest BCUT2D eigenvalue weighted by atomic mass is 16.7. The summed E-state index contributed by atoms with van der Waals surface area (Å²) in [7, 11) is 0. The van der Waals surface area contributed by atoms with Gasteiger partial charge >= 0.3 is 0 Å². The second kappa shape index (κ2) is 6.93. The first-order valence-electron chi connectivity index (χ1n) is 8.42. The Morgan fingerprint density at radius 1 is 1.14 bits per heavy atom. The summed E-state index contributed by atoms with van der Waals surface area (Å²) in [5, 5.41) is 20.7. The molecular formula is C21H14N2O5. The summed E-state index contributed by atoms with van der Waals surface area (Å²) >= 11 is 0. The minimum absolute atomic E-state index is 0.0315. The van der Waals surface area contributed by atoms with Crippen molar-refractivity contribution in [2.24, 2.45) is 0 Å². The average Bonchev–Trinajstić information content (AvgIpc) is 3.35. The molecule has 1 aliphatic heterocycles. The molecule has 0 spiro atoms. The predicted molar refractivity (Wildman–Crippen MR) is 102 cm³/mol. The number of fused-ring (bicyclic) bond motifs is 1. The maximum Gasteiger partial charge on any atom is 0.273 e. The highest BCUT2D eigenvalue weighted by Crippen LogP contribution is 2.35. The van der Waals surface area contributed by atoms with Crippen molar-refractivity contribution in [3.05, 3.63) is 75.5 Å².